The average Bonchev–Trinajstić information content (AvgIpc) is 3.46. The fourth-order valence-corrected chi connectivity index (χ4v) is 6.74. The highest BCUT2D eigenvalue weighted by molar-refractivity contribution is 7.89. The minimum absolute atomic E-state index is 0.217. The Kier molecular flexibility index (Phi) is 7.72. The van der Waals surface area contributed by atoms with Crippen LogP contribution in [0.4, 0.5) is 5.69 Å². The van der Waals surface area contributed by atoms with Gasteiger partial charge in [0.1, 0.15) is 0 Å². The zero-order valence-corrected chi connectivity index (χ0v) is 23.3. The van der Waals surface area contributed by atoms with E-state index in [1.165, 1.54) is 9.87 Å². The number of H-pyrrole nitrogens is 1. The van der Waals surface area contributed by atoms with E-state index in [1.807, 2.05) is 19.2 Å². The van der Waals surface area contributed by atoms with Gasteiger partial charge in [0.25, 0.3) is 5.91 Å². The van der Waals surface area contributed by atoms with E-state index < -0.39 is 10.0 Å². The lowest BCUT2D eigenvalue weighted by Crippen LogP contribution is -2.47. The van der Waals surface area contributed by atoms with Gasteiger partial charge in [0.15, 0.2) is 0 Å². The number of aromatic amines is 1. The molecule has 2 aromatic carbocycles. The number of piperazine rings is 1. The molecule has 3 heterocycles. The molecular formula is C29H37N5O3S. The van der Waals surface area contributed by atoms with Gasteiger partial charge in [-0.05, 0) is 87.6 Å². The van der Waals surface area contributed by atoms with Crippen LogP contribution in [-0.2, 0) is 21.2 Å². The Balaban J connectivity index is 1.38. The summed E-state index contributed by atoms with van der Waals surface area (Å²) < 4.78 is 28.1. The number of nitrogens with one attached hydrogen (secondary N) is 2. The van der Waals surface area contributed by atoms with E-state index >= 15 is 0 Å². The number of hydrogen-bond acceptors (Lipinski definition) is 5. The molecule has 2 aliphatic rings. The molecule has 0 aliphatic carbocycles. The zero-order chi connectivity index (χ0) is 26.9. The number of hydrogen-bond donors (Lipinski definition) is 2. The largest absolute Gasteiger partial charge is 0.355 e. The van der Waals surface area contributed by atoms with Crippen LogP contribution in [0.1, 0.15) is 37.1 Å². The molecule has 1 fully saturated rings. The van der Waals surface area contributed by atoms with E-state index in [-0.39, 0.29) is 10.8 Å². The molecule has 3 aromatic rings. The van der Waals surface area contributed by atoms with E-state index in [0.29, 0.717) is 43.0 Å². The van der Waals surface area contributed by atoms with E-state index in [9.17, 15) is 13.2 Å². The molecule has 0 spiro atoms. The van der Waals surface area contributed by atoms with Crippen LogP contribution in [0.15, 0.2) is 47.4 Å². The molecule has 38 heavy (non-hydrogen) atoms. The van der Waals surface area contributed by atoms with Crippen LogP contribution in [0.25, 0.3) is 22.6 Å². The Labute approximate surface area is 225 Å². The van der Waals surface area contributed by atoms with E-state index in [2.05, 4.69) is 52.1 Å². The third kappa shape index (κ3) is 5.42. The number of rotatable bonds is 9. The summed E-state index contributed by atoms with van der Waals surface area (Å²) >= 11 is 0. The summed E-state index contributed by atoms with van der Waals surface area (Å²) in [5, 5.41) is 3.98. The van der Waals surface area contributed by atoms with Crippen molar-refractivity contribution in [1.29, 1.82) is 0 Å². The number of benzene rings is 2. The number of sulfonamides is 1. The highest BCUT2D eigenvalue weighted by Gasteiger charge is 2.31. The quantitative estimate of drug-likeness (QED) is 0.406. The molecule has 1 amide bonds. The van der Waals surface area contributed by atoms with Crippen LogP contribution < -0.4 is 5.32 Å². The second-order valence-corrected chi connectivity index (χ2v) is 12.1. The fourth-order valence-electron chi connectivity index (χ4n) is 5.29. The summed E-state index contributed by atoms with van der Waals surface area (Å²) in [6.07, 6.45) is 3.95. The second-order valence-electron chi connectivity index (χ2n) is 10.2. The Morgan fingerprint density at radius 3 is 2.50 bits per heavy atom. The third-order valence-corrected chi connectivity index (χ3v) is 9.61. The van der Waals surface area contributed by atoms with Crippen molar-refractivity contribution in [2.24, 2.45) is 0 Å². The number of fused-ring (bicyclic) bond motifs is 2. The van der Waals surface area contributed by atoms with Gasteiger partial charge in [0.2, 0.25) is 10.0 Å². The molecular weight excluding hydrogens is 498 g/mol. The van der Waals surface area contributed by atoms with Gasteiger partial charge >= 0.3 is 0 Å². The smallest absolute Gasteiger partial charge is 0.256 e. The summed E-state index contributed by atoms with van der Waals surface area (Å²) in [5.41, 5.74) is 4.82. The van der Waals surface area contributed by atoms with Gasteiger partial charge in [-0.2, -0.15) is 4.31 Å². The van der Waals surface area contributed by atoms with E-state index in [4.69, 9.17) is 0 Å². The molecule has 0 bridgehead atoms. The van der Waals surface area contributed by atoms with Gasteiger partial charge in [-0.3, -0.25) is 4.79 Å². The maximum absolute atomic E-state index is 13.3. The van der Waals surface area contributed by atoms with Crippen LogP contribution in [-0.4, -0.2) is 86.3 Å². The van der Waals surface area contributed by atoms with Crippen LogP contribution in [0, 0.1) is 0 Å². The van der Waals surface area contributed by atoms with E-state index in [1.54, 1.807) is 18.2 Å². The van der Waals surface area contributed by atoms with Crippen molar-refractivity contribution >= 4 is 44.2 Å². The number of anilines is 1. The lowest BCUT2D eigenvalue weighted by molar-refractivity contribution is -0.110. The van der Waals surface area contributed by atoms with Crippen LogP contribution in [0.5, 0.6) is 0 Å². The molecule has 0 atom stereocenters. The molecule has 5 rings (SSSR count). The lowest BCUT2D eigenvalue weighted by atomic mass is 10.1. The summed E-state index contributed by atoms with van der Waals surface area (Å²) in [6, 6.07) is 13.4. The van der Waals surface area contributed by atoms with Crippen molar-refractivity contribution in [1.82, 2.24) is 19.1 Å². The zero-order valence-electron chi connectivity index (χ0n) is 22.5. The number of aromatic nitrogens is 1. The first-order chi connectivity index (χ1) is 18.3. The monoisotopic (exact) mass is 535 g/mol. The fraction of sp³-hybridized carbons (Fsp3) is 0.414. The van der Waals surface area contributed by atoms with Gasteiger partial charge in [-0.25, -0.2) is 8.42 Å². The highest BCUT2D eigenvalue weighted by Crippen LogP contribution is 2.36. The number of aryl methyl sites for hydroxylation is 1. The molecule has 0 unspecified atom stereocenters. The van der Waals surface area contributed by atoms with Crippen molar-refractivity contribution in [3.05, 3.63) is 59.3 Å². The minimum atomic E-state index is -3.63. The van der Waals surface area contributed by atoms with Crippen molar-refractivity contribution in [2.75, 3.05) is 58.2 Å². The van der Waals surface area contributed by atoms with Gasteiger partial charge < -0.3 is 20.1 Å². The summed E-state index contributed by atoms with van der Waals surface area (Å²) in [7, 11) is -1.64. The van der Waals surface area contributed by atoms with Crippen LogP contribution in [0.2, 0.25) is 0 Å². The van der Waals surface area contributed by atoms with Gasteiger partial charge in [0.05, 0.1) is 10.5 Å². The number of likely N-dealkylation sites (N-methyl/N-ethyl adjacent to an activating group) is 1. The van der Waals surface area contributed by atoms with Crippen LogP contribution in [0.3, 0.4) is 0 Å². The average molecular weight is 536 g/mol. The summed E-state index contributed by atoms with van der Waals surface area (Å²) in [5.74, 6) is -0.232. The number of amides is 1. The number of carbonyl (C=O) groups excluding carboxylic acids is 1. The van der Waals surface area contributed by atoms with Crippen LogP contribution >= 0.6 is 0 Å². The van der Waals surface area contributed by atoms with E-state index in [0.717, 1.165) is 49.1 Å². The molecule has 0 saturated carbocycles. The highest BCUT2D eigenvalue weighted by atomic mass is 32.2. The van der Waals surface area contributed by atoms with Gasteiger partial charge in [-0.15, -0.1) is 0 Å². The Hall–Kier alpha value is -2.98. The molecule has 0 radical (unpaired) electrons. The topological polar surface area (TPSA) is 88.8 Å². The maximum Gasteiger partial charge on any atom is 0.256 e. The normalized spacial score (nSPS) is 18.0. The molecule has 2 aliphatic heterocycles. The summed E-state index contributed by atoms with van der Waals surface area (Å²) in [4.78, 5) is 21.0. The third-order valence-electron chi connectivity index (χ3n) is 7.71. The molecule has 9 heteroatoms. The van der Waals surface area contributed by atoms with Crippen molar-refractivity contribution in [3.8, 4) is 0 Å². The Morgan fingerprint density at radius 2 is 1.76 bits per heavy atom. The molecule has 2 N–H and O–H groups in total. The Morgan fingerprint density at radius 1 is 1.00 bits per heavy atom. The first-order valence-electron chi connectivity index (χ1n) is 13.5. The second kappa shape index (κ2) is 11.0. The maximum atomic E-state index is 13.3. The predicted octanol–water partition coefficient (Wildman–Crippen LogP) is 3.87. The Bertz CT molecular complexity index is 1460. The molecule has 1 aromatic heterocycles. The lowest BCUT2D eigenvalue weighted by Gasteiger charge is -2.31. The number of carbonyl (C=O) groups is 1. The first-order valence-corrected chi connectivity index (χ1v) is 14.9. The number of nitrogens with zero attached hydrogens (tertiary/aromatic N) is 3. The SMILES string of the molecule is CCN(CC)CCCc1ccc2[nH]c(C=C3C(=O)Nc4ccc(S(=O)(=O)N5CCN(C)CC5)cc43)cc2c1. The molecule has 202 valence electrons. The van der Waals surface area contributed by atoms with Crippen molar-refractivity contribution in [2.45, 2.75) is 31.6 Å². The van der Waals surface area contributed by atoms with Gasteiger partial charge in [-0.1, -0.05) is 19.9 Å². The molecule has 1 saturated heterocycles. The standard InChI is InChI=1S/C29H37N5O3S/c1-4-33(5-2)12-6-7-21-8-10-27-22(17-21)18-23(30-27)19-26-25-20-24(9-11-28(25)31-29(26)35)38(36,37)34-15-13-32(3)14-16-34/h8-11,17-20,30H,4-7,12-16H2,1-3H3,(H,31,35). The van der Waals surface area contributed by atoms with Crippen molar-refractivity contribution in [3.63, 3.8) is 0 Å². The minimum Gasteiger partial charge on any atom is -0.355 e. The van der Waals surface area contributed by atoms with Gasteiger partial charge in [0, 0.05) is 54.0 Å². The predicted molar refractivity (Wildman–Crippen MR) is 154 cm³/mol. The molecule has 8 nitrogen and oxygen atoms in total. The summed E-state index contributed by atoms with van der Waals surface area (Å²) in [6.45, 7) is 9.96. The van der Waals surface area contributed by atoms with Crippen molar-refractivity contribution < 1.29 is 13.2 Å². The first kappa shape index (κ1) is 26.6.